The number of halogens is 2. The Hall–Kier alpha value is -2.06. The highest BCUT2D eigenvalue weighted by atomic mass is 19.3. The molecule has 0 spiro atoms. The Kier molecular flexibility index (Phi) is 6.89. The van der Waals surface area contributed by atoms with Gasteiger partial charge in [-0.2, -0.15) is 0 Å². The highest BCUT2D eigenvalue weighted by molar-refractivity contribution is 5.92. The number of alkyl halides is 2. The fourth-order valence-corrected chi connectivity index (χ4v) is 3.43. The largest absolute Gasteiger partial charge is 0.354 e. The number of aromatic nitrogens is 3. The molecule has 9 heteroatoms. The van der Waals surface area contributed by atoms with Gasteiger partial charge < -0.3 is 10.6 Å². The Morgan fingerprint density at radius 3 is 2.74 bits per heavy atom. The van der Waals surface area contributed by atoms with Crippen molar-refractivity contribution in [3.63, 3.8) is 0 Å². The molecule has 1 aliphatic rings. The summed E-state index contributed by atoms with van der Waals surface area (Å²) in [5, 5.41) is 13.6. The quantitative estimate of drug-likeness (QED) is 0.720. The molecule has 2 amide bonds. The van der Waals surface area contributed by atoms with Crippen molar-refractivity contribution in [2.24, 2.45) is 5.92 Å². The minimum absolute atomic E-state index is 0.143. The van der Waals surface area contributed by atoms with E-state index in [1.165, 1.54) is 0 Å². The highest BCUT2D eigenvalue weighted by Crippen LogP contribution is 2.33. The lowest BCUT2D eigenvalue weighted by atomic mass is 9.73. The number of rotatable bonds is 8. The smallest absolute Gasteiger partial charge is 0.273 e. The maximum absolute atomic E-state index is 13.0. The van der Waals surface area contributed by atoms with E-state index in [-0.39, 0.29) is 30.5 Å². The van der Waals surface area contributed by atoms with Crippen LogP contribution in [0.3, 0.4) is 0 Å². The Morgan fingerprint density at radius 1 is 1.41 bits per heavy atom. The van der Waals surface area contributed by atoms with Gasteiger partial charge in [0.1, 0.15) is 0 Å². The topological polar surface area (TPSA) is 88.9 Å². The van der Waals surface area contributed by atoms with Crippen molar-refractivity contribution in [3.8, 4) is 0 Å². The van der Waals surface area contributed by atoms with Crippen LogP contribution in [0.15, 0.2) is 6.20 Å². The van der Waals surface area contributed by atoms with Crippen LogP contribution in [-0.4, -0.2) is 44.8 Å². The van der Waals surface area contributed by atoms with Gasteiger partial charge in [-0.05, 0) is 32.6 Å². The van der Waals surface area contributed by atoms with Gasteiger partial charge in [0.25, 0.3) is 5.91 Å². The highest BCUT2D eigenvalue weighted by Gasteiger charge is 2.40. The monoisotopic (exact) mass is 385 g/mol. The summed E-state index contributed by atoms with van der Waals surface area (Å²) in [6.45, 7) is 5.57. The van der Waals surface area contributed by atoms with E-state index in [2.05, 4.69) is 20.9 Å². The van der Waals surface area contributed by atoms with Crippen LogP contribution in [0.1, 0.15) is 69.8 Å². The molecular formula is C18H29F2N5O2. The van der Waals surface area contributed by atoms with E-state index in [9.17, 15) is 18.4 Å². The third-order valence-electron chi connectivity index (χ3n) is 5.30. The number of hydrogen-bond donors (Lipinski definition) is 2. The number of hydrogen-bond acceptors (Lipinski definition) is 4. The standard InChI is InChI=1S/C18H29F2N5O2/c1-4-25-11-14(23-24-25)16(27)22-18(9-6-5-7-13(18)2)12-21-15(26)8-10-17(3,19)20/h11,13H,4-10,12H2,1-3H3,(H,21,26)(H,22,27). The summed E-state index contributed by atoms with van der Waals surface area (Å²) in [5.74, 6) is -3.49. The maximum Gasteiger partial charge on any atom is 0.273 e. The van der Waals surface area contributed by atoms with Crippen molar-refractivity contribution < 1.29 is 18.4 Å². The molecule has 2 atom stereocenters. The molecule has 1 fully saturated rings. The lowest BCUT2D eigenvalue weighted by Gasteiger charge is -2.43. The summed E-state index contributed by atoms with van der Waals surface area (Å²) in [7, 11) is 0. The third-order valence-corrected chi connectivity index (χ3v) is 5.30. The van der Waals surface area contributed by atoms with Crippen LogP contribution in [0.25, 0.3) is 0 Å². The second-order valence-corrected chi connectivity index (χ2v) is 7.56. The number of aryl methyl sites for hydroxylation is 1. The molecule has 0 radical (unpaired) electrons. The summed E-state index contributed by atoms with van der Waals surface area (Å²) in [6.07, 6.45) is 4.46. The second-order valence-electron chi connectivity index (χ2n) is 7.56. The fourth-order valence-electron chi connectivity index (χ4n) is 3.43. The molecule has 1 heterocycles. The van der Waals surface area contributed by atoms with Crippen molar-refractivity contribution in [1.29, 1.82) is 0 Å². The molecule has 152 valence electrons. The lowest BCUT2D eigenvalue weighted by Crippen LogP contribution is -2.60. The minimum atomic E-state index is -2.87. The van der Waals surface area contributed by atoms with Crippen LogP contribution in [0.5, 0.6) is 0 Å². The van der Waals surface area contributed by atoms with Gasteiger partial charge in [-0.3, -0.25) is 14.3 Å². The average molecular weight is 385 g/mol. The van der Waals surface area contributed by atoms with E-state index in [0.717, 1.165) is 26.2 Å². The molecule has 0 aliphatic heterocycles. The third kappa shape index (κ3) is 5.97. The summed E-state index contributed by atoms with van der Waals surface area (Å²) < 4.78 is 27.5. The van der Waals surface area contributed by atoms with Gasteiger partial charge in [0.15, 0.2) is 5.69 Å². The normalized spacial score (nSPS) is 23.1. The van der Waals surface area contributed by atoms with E-state index < -0.39 is 23.8 Å². The van der Waals surface area contributed by atoms with Crippen LogP contribution < -0.4 is 10.6 Å². The number of carbonyl (C=O) groups is 2. The van der Waals surface area contributed by atoms with E-state index in [1.807, 2.05) is 13.8 Å². The summed E-state index contributed by atoms with van der Waals surface area (Å²) in [4.78, 5) is 24.7. The number of carbonyl (C=O) groups excluding carboxylic acids is 2. The van der Waals surface area contributed by atoms with Gasteiger partial charge in [0.2, 0.25) is 11.8 Å². The van der Waals surface area contributed by atoms with Crippen molar-refractivity contribution >= 4 is 11.8 Å². The van der Waals surface area contributed by atoms with E-state index in [1.54, 1.807) is 10.9 Å². The predicted molar refractivity (Wildman–Crippen MR) is 96.4 cm³/mol. The van der Waals surface area contributed by atoms with Crippen molar-refractivity contribution in [3.05, 3.63) is 11.9 Å². The first kappa shape index (κ1) is 21.2. The molecule has 2 rings (SSSR count). The molecule has 2 unspecified atom stereocenters. The minimum Gasteiger partial charge on any atom is -0.354 e. The Balaban J connectivity index is 2.04. The van der Waals surface area contributed by atoms with Crippen LogP contribution in [0.4, 0.5) is 8.78 Å². The van der Waals surface area contributed by atoms with Crippen molar-refractivity contribution in [1.82, 2.24) is 25.6 Å². The maximum atomic E-state index is 13.0. The molecule has 0 bridgehead atoms. The fraction of sp³-hybridized carbons (Fsp3) is 0.778. The van der Waals surface area contributed by atoms with Crippen LogP contribution in [0, 0.1) is 5.92 Å². The molecule has 2 N–H and O–H groups in total. The van der Waals surface area contributed by atoms with E-state index in [0.29, 0.717) is 13.0 Å². The zero-order chi connectivity index (χ0) is 20.1. The van der Waals surface area contributed by atoms with Gasteiger partial charge in [0, 0.05) is 25.9 Å². The van der Waals surface area contributed by atoms with Crippen LogP contribution in [0.2, 0.25) is 0 Å². The second kappa shape index (κ2) is 8.75. The number of amides is 2. The van der Waals surface area contributed by atoms with Gasteiger partial charge in [-0.1, -0.05) is 25.0 Å². The zero-order valence-electron chi connectivity index (χ0n) is 16.2. The van der Waals surface area contributed by atoms with Gasteiger partial charge in [-0.25, -0.2) is 8.78 Å². The molecular weight excluding hydrogens is 356 g/mol. The van der Waals surface area contributed by atoms with E-state index >= 15 is 0 Å². The van der Waals surface area contributed by atoms with Crippen LogP contribution in [-0.2, 0) is 11.3 Å². The van der Waals surface area contributed by atoms with E-state index in [4.69, 9.17) is 0 Å². The zero-order valence-corrected chi connectivity index (χ0v) is 16.2. The summed E-state index contributed by atoms with van der Waals surface area (Å²) in [5.41, 5.74) is -0.388. The van der Waals surface area contributed by atoms with Gasteiger partial charge in [0.05, 0.1) is 11.7 Å². The molecule has 1 aliphatic carbocycles. The average Bonchev–Trinajstić information content (AvgIpc) is 3.09. The first-order valence-corrected chi connectivity index (χ1v) is 9.52. The molecule has 27 heavy (non-hydrogen) atoms. The predicted octanol–water partition coefficient (Wildman–Crippen LogP) is 2.53. The SMILES string of the molecule is CCn1cc(C(=O)NC2(CNC(=O)CCC(C)(F)F)CCCCC2C)nn1. The molecule has 1 saturated carbocycles. The van der Waals surface area contributed by atoms with Gasteiger partial charge >= 0.3 is 0 Å². The lowest BCUT2D eigenvalue weighted by molar-refractivity contribution is -0.123. The van der Waals surface area contributed by atoms with Gasteiger partial charge in [-0.15, -0.1) is 5.10 Å². The van der Waals surface area contributed by atoms with Crippen molar-refractivity contribution in [2.45, 2.75) is 77.3 Å². The number of nitrogens with zero attached hydrogens (tertiary/aromatic N) is 3. The van der Waals surface area contributed by atoms with Crippen LogP contribution >= 0.6 is 0 Å². The summed E-state index contributed by atoms with van der Waals surface area (Å²) in [6, 6.07) is 0. The van der Waals surface area contributed by atoms with Crippen molar-refractivity contribution in [2.75, 3.05) is 6.54 Å². The molecule has 7 nitrogen and oxygen atoms in total. The molecule has 1 aromatic heterocycles. The molecule has 0 aromatic carbocycles. The Bertz CT molecular complexity index is 658. The Labute approximate surface area is 158 Å². The Morgan fingerprint density at radius 2 is 2.15 bits per heavy atom. The number of nitrogens with one attached hydrogen (secondary N) is 2. The first-order valence-electron chi connectivity index (χ1n) is 9.52. The molecule has 0 saturated heterocycles. The summed E-state index contributed by atoms with van der Waals surface area (Å²) >= 11 is 0. The molecule has 1 aromatic rings. The first-order chi connectivity index (χ1) is 12.6.